The van der Waals surface area contributed by atoms with E-state index in [-0.39, 0.29) is 13.0 Å². The van der Waals surface area contributed by atoms with Gasteiger partial charge in [-0.25, -0.2) is 0 Å². The maximum Gasteiger partial charge on any atom is 0.406 e. The molecular formula is C13H25F3N2O. The van der Waals surface area contributed by atoms with E-state index in [1.54, 1.807) is 6.92 Å². The van der Waals surface area contributed by atoms with Crippen LogP contribution in [0.1, 0.15) is 46.0 Å². The summed E-state index contributed by atoms with van der Waals surface area (Å²) in [6.45, 7) is 3.33. The number of alkyl halides is 3. The molecule has 0 aliphatic heterocycles. The van der Waals surface area contributed by atoms with E-state index in [2.05, 4.69) is 0 Å². The van der Waals surface area contributed by atoms with Gasteiger partial charge >= 0.3 is 6.18 Å². The lowest BCUT2D eigenvalue weighted by Crippen LogP contribution is -2.39. The molecule has 0 bridgehead atoms. The van der Waals surface area contributed by atoms with Crippen LogP contribution in [0.5, 0.6) is 0 Å². The number of carbonyl (C=O) groups is 1. The molecule has 1 unspecified atom stereocenters. The predicted molar refractivity (Wildman–Crippen MR) is 69.6 cm³/mol. The van der Waals surface area contributed by atoms with Gasteiger partial charge in [0.25, 0.3) is 0 Å². The number of nitrogens with two attached hydrogens (primary N) is 1. The molecule has 2 N–H and O–H groups in total. The molecule has 0 saturated heterocycles. The van der Waals surface area contributed by atoms with Gasteiger partial charge in [0.05, 0.1) is 0 Å². The summed E-state index contributed by atoms with van der Waals surface area (Å²) in [5.74, 6) is -0.0852. The van der Waals surface area contributed by atoms with E-state index in [9.17, 15) is 18.0 Å². The third-order valence-corrected chi connectivity index (χ3v) is 3.14. The topological polar surface area (TPSA) is 46.3 Å². The molecule has 0 fully saturated rings. The van der Waals surface area contributed by atoms with Crippen molar-refractivity contribution in [3.05, 3.63) is 0 Å². The van der Waals surface area contributed by atoms with Gasteiger partial charge < -0.3 is 10.6 Å². The number of amides is 1. The fraction of sp³-hybridized carbons (Fsp3) is 0.923. The Morgan fingerprint density at radius 1 is 1.26 bits per heavy atom. The van der Waals surface area contributed by atoms with Crippen LogP contribution in [0.4, 0.5) is 13.2 Å². The van der Waals surface area contributed by atoms with Gasteiger partial charge in [-0.15, -0.1) is 0 Å². The van der Waals surface area contributed by atoms with E-state index in [1.165, 1.54) is 0 Å². The van der Waals surface area contributed by atoms with Gasteiger partial charge in [0.15, 0.2) is 0 Å². The Hall–Kier alpha value is -0.780. The van der Waals surface area contributed by atoms with E-state index in [0.717, 1.165) is 17.7 Å². The number of halogens is 3. The van der Waals surface area contributed by atoms with Crippen molar-refractivity contribution >= 4 is 5.91 Å². The fourth-order valence-corrected chi connectivity index (χ4v) is 2.05. The van der Waals surface area contributed by atoms with Gasteiger partial charge in [-0.2, -0.15) is 13.2 Å². The van der Waals surface area contributed by atoms with Crippen molar-refractivity contribution < 1.29 is 18.0 Å². The molecule has 0 radical (unpaired) electrons. The minimum Gasteiger partial charge on any atom is -0.334 e. The van der Waals surface area contributed by atoms with Crippen LogP contribution in [-0.2, 0) is 4.79 Å². The molecule has 0 saturated carbocycles. The molecule has 1 amide bonds. The van der Waals surface area contributed by atoms with Crippen LogP contribution in [0.15, 0.2) is 0 Å². The maximum absolute atomic E-state index is 12.4. The predicted octanol–water partition coefficient (Wildman–Crippen LogP) is 2.94. The molecule has 0 aliphatic carbocycles. The van der Waals surface area contributed by atoms with Crippen LogP contribution in [0.25, 0.3) is 0 Å². The van der Waals surface area contributed by atoms with Crippen molar-refractivity contribution in [1.29, 1.82) is 0 Å². The normalized spacial score (nSPS) is 13.4. The van der Waals surface area contributed by atoms with Crippen LogP contribution < -0.4 is 5.73 Å². The summed E-state index contributed by atoms with van der Waals surface area (Å²) in [5, 5.41) is 0. The molecule has 114 valence electrons. The highest BCUT2D eigenvalue weighted by molar-refractivity contribution is 5.76. The van der Waals surface area contributed by atoms with Crippen molar-refractivity contribution in [3.8, 4) is 0 Å². The van der Waals surface area contributed by atoms with Gasteiger partial charge in [0.2, 0.25) is 5.91 Å². The van der Waals surface area contributed by atoms with Crippen LogP contribution in [0.2, 0.25) is 0 Å². The minimum atomic E-state index is -4.33. The van der Waals surface area contributed by atoms with Gasteiger partial charge in [-0.05, 0) is 31.7 Å². The molecule has 19 heavy (non-hydrogen) atoms. The average Bonchev–Trinajstić information content (AvgIpc) is 2.32. The maximum atomic E-state index is 12.4. The Labute approximate surface area is 113 Å². The largest absolute Gasteiger partial charge is 0.406 e. The molecule has 6 heteroatoms. The number of carbonyl (C=O) groups excluding carboxylic acids is 1. The van der Waals surface area contributed by atoms with Crippen molar-refractivity contribution in [2.45, 2.75) is 52.1 Å². The summed E-state index contributed by atoms with van der Waals surface area (Å²) < 4.78 is 37.1. The first-order chi connectivity index (χ1) is 8.84. The monoisotopic (exact) mass is 282 g/mol. The Morgan fingerprint density at radius 2 is 1.89 bits per heavy atom. The second-order valence-electron chi connectivity index (χ2n) is 4.82. The van der Waals surface area contributed by atoms with E-state index in [1.807, 2.05) is 6.92 Å². The SMILES string of the molecule is CCCN(CC(F)(F)F)C(=O)CCC(CC)CCN. The third-order valence-electron chi connectivity index (χ3n) is 3.14. The lowest BCUT2D eigenvalue weighted by molar-refractivity contribution is -0.161. The number of nitrogens with zero attached hydrogens (tertiary/aromatic N) is 1. The lowest BCUT2D eigenvalue weighted by Gasteiger charge is -2.24. The summed E-state index contributed by atoms with van der Waals surface area (Å²) in [6.07, 6.45) is -1.29. The summed E-state index contributed by atoms with van der Waals surface area (Å²) in [4.78, 5) is 12.7. The number of rotatable bonds is 9. The zero-order chi connectivity index (χ0) is 14.9. The molecule has 0 rings (SSSR count). The van der Waals surface area contributed by atoms with Gasteiger partial charge in [0, 0.05) is 13.0 Å². The molecule has 1 atom stereocenters. The van der Waals surface area contributed by atoms with Gasteiger partial charge in [-0.1, -0.05) is 20.3 Å². The number of hydrogen-bond acceptors (Lipinski definition) is 2. The third kappa shape index (κ3) is 8.86. The van der Waals surface area contributed by atoms with Crippen LogP contribution in [0, 0.1) is 5.92 Å². The van der Waals surface area contributed by atoms with Crippen LogP contribution >= 0.6 is 0 Å². The smallest absolute Gasteiger partial charge is 0.334 e. The Kier molecular flexibility index (Phi) is 8.80. The van der Waals surface area contributed by atoms with Crippen molar-refractivity contribution in [1.82, 2.24) is 4.90 Å². The minimum absolute atomic E-state index is 0.159. The zero-order valence-electron chi connectivity index (χ0n) is 11.8. The first-order valence-corrected chi connectivity index (χ1v) is 6.88. The second-order valence-corrected chi connectivity index (χ2v) is 4.82. The van der Waals surface area contributed by atoms with Gasteiger partial charge in [0.1, 0.15) is 6.54 Å². The molecule has 0 aromatic rings. The quantitative estimate of drug-likeness (QED) is 0.706. The Morgan fingerprint density at radius 3 is 2.32 bits per heavy atom. The molecular weight excluding hydrogens is 257 g/mol. The van der Waals surface area contributed by atoms with Crippen LogP contribution in [0.3, 0.4) is 0 Å². The highest BCUT2D eigenvalue weighted by Gasteiger charge is 2.32. The molecule has 0 aromatic carbocycles. The first-order valence-electron chi connectivity index (χ1n) is 6.88. The van der Waals surface area contributed by atoms with E-state index < -0.39 is 18.6 Å². The lowest BCUT2D eigenvalue weighted by atomic mass is 9.96. The highest BCUT2D eigenvalue weighted by atomic mass is 19.4. The van der Waals surface area contributed by atoms with Crippen molar-refractivity contribution in [2.24, 2.45) is 11.7 Å². The standard InChI is InChI=1S/C13H25F3N2O/c1-3-9-18(10-13(14,15)16)12(19)6-5-11(4-2)7-8-17/h11H,3-10,17H2,1-2H3. The Bertz CT molecular complexity index is 257. The first kappa shape index (κ1) is 18.2. The van der Waals surface area contributed by atoms with Crippen molar-refractivity contribution in [2.75, 3.05) is 19.6 Å². The van der Waals surface area contributed by atoms with Gasteiger partial charge in [-0.3, -0.25) is 4.79 Å². The molecule has 0 spiro atoms. The Balaban J connectivity index is 4.31. The highest BCUT2D eigenvalue weighted by Crippen LogP contribution is 2.19. The van der Waals surface area contributed by atoms with Crippen LogP contribution in [-0.4, -0.2) is 36.6 Å². The average molecular weight is 282 g/mol. The van der Waals surface area contributed by atoms with E-state index in [4.69, 9.17) is 5.73 Å². The van der Waals surface area contributed by atoms with Crippen molar-refractivity contribution in [3.63, 3.8) is 0 Å². The fourth-order valence-electron chi connectivity index (χ4n) is 2.05. The summed E-state index contributed by atoms with van der Waals surface area (Å²) in [5.41, 5.74) is 5.46. The second kappa shape index (κ2) is 9.18. The molecule has 3 nitrogen and oxygen atoms in total. The molecule has 0 aromatic heterocycles. The summed E-state index contributed by atoms with van der Waals surface area (Å²) >= 11 is 0. The zero-order valence-corrected chi connectivity index (χ0v) is 11.8. The molecule has 0 heterocycles. The van der Waals surface area contributed by atoms with E-state index in [0.29, 0.717) is 25.3 Å². The summed E-state index contributed by atoms with van der Waals surface area (Å²) in [6, 6.07) is 0. The number of hydrogen-bond donors (Lipinski definition) is 1. The summed E-state index contributed by atoms with van der Waals surface area (Å²) in [7, 11) is 0. The molecule has 0 aliphatic rings. The van der Waals surface area contributed by atoms with E-state index >= 15 is 0 Å².